The first-order valence-electron chi connectivity index (χ1n) is 8.57. The smallest absolute Gasteiger partial charge is 0.273 e. The summed E-state index contributed by atoms with van der Waals surface area (Å²) in [6, 6.07) is 9.56. The van der Waals surface area contributed by atoms with Gasteiger partial charge < -0.3 is 14.5 Å². The van der Waals surface area contributed by atoms with Gasteiger partial charge in [-0.25, -0.2) is 4.98 Å². The first-order valence-corrected chi connectivity index (χ1v) is 9.82. The number of carbonyl (C=O) groups excluding carboxylic acids is 1. The molecule has 1 amide bonds. The Labute approximate surface area is 170 Å². The topological polar surface area (TPSA) is 76.2 Å². The minimum absolute atomic E-state index is 0.239. The molecule has 0 radical (unpaired) electrons. The van der Waals surface area contributed by atoms with Gasteiger partial charge in [-0.1, -0.05) is 29.8 Å². The van der Waals surface area contributed by atoms with Crippen molar-refractivity contribution in [3.63, 3.8) is 0 Å². The largest absolute Gasteiger partial charge is 0.500 e. The summed E-state index contributed by atoms with van der Waals surface area (Å²) in [4.78, 5) is 20.2. The van der Waals surface area contributed by atoms with Gasteiger partial charge in [0.25, 0.3) is 5.91 Å². The van der Waals surface area contributed by atoms with E-state index in [0.29, 0.717) is 28.7 Å². The lowest BCUT2D eigenvalue weighted by Crippen LogP contribution is -2.25. The summed E-state index contributed by atoms with van der Waals surface area (Å²) in [6.45, 7) is 0. The number of amides is 1. The van der Waals surface area contributed by atoms with Crippen molar-refractivity contribution >= 4 is 50.5 Å². The number of ether oxygens (including phenoxy) is 2. The van der Waals surface area contributed by atoms with Crippen molar-refractivity contribution < 1.29 is 14.3 Å². The minimum atomic E-state index is -0.919. The molecule has 0 bridgehead atoms. The Bertz CT molecular complexity index is 1070. The lowest BCUT2D eigenvalue weighted by molar-refractivity contribution is 0.0883. The van der Waals surface area contributed by atoms with Crippen LogP contribution in [0.5, 0.6) is 0 Å². The number of aromatic nitrogens is 2. The maximum absolute atomic E-state index is 12.6. The summed E-state index contributed by atoms with van der Waals surface area (Å²) in [5.74, 6) is 0.439. The Morgan fingerprint density at radius 2 is 2.18 bits per heavy atom. The standard InChI is InChI=1S/C20H18ClN3O3S/c1-26-17-10-20(21,27-2)8-7-13(17)16-11-28-19(23-16)24-18(25)15-9-12-5-3-4-6-14(12)22-15/h3-9,11,22H,10H2,1-2H3,(H,23,24,25). The molecule has 8 heteroatoms. The zero-order valence-electron chi connectivity index (χ0n) is 15.3. The highest BCUT2D eigenvalue weighted by Gasteiger charge is 2.31. The van der Waals surface area contributed by atoms with Gasteiger partial charge in [0.1, 0.15) is 11.5 Å². The van der Waals surface area contributed by atoms with Crippen LogP contribution in [0, 0.1) is 0 Å². The van der Waals surface area contributed by atoms with Gasteiger partial charge in [-0.15, -0.1) is 11.3 Å². The summed E-state index contributed by atoms with van der Waals surface area (Å²) in [7, 11) is 3.14. The number of thiazole rings is 1. The number of rotatable bonds is 5. The van der Waals surface area contributed by atoms with Gasteiger partial charge in [0.15, 0.2) is 10.2 Å². The normalized spacial score (nSPS) is 19.2. The summed E-state index contributed by atoms with van der Waals surface area (Å²) in [6.07, 6.45) is 3.99. The van der Waals surface area contributed by atoms with Crippen LogP contribution < -0.4 is 5.32 Å². The van der Waals surface area contributed by atoms with E-state index in [-0.39, 0.29) is 5.91 Å². The molecule has 0 aliphatic heterocycles. The molecule has 0 saturated heterocycles. The van der Waals surface area contributed by atoms with Gasteiger partial charge in [-0.2, -0.15) is 0 Å². The van der Waals surface area contributed by atoms with Crippen LogP contribution in [0.15, 0.2) is 53.6 Å². The highest BCUT2D eigenvalue weighted by atomic mass is 35.5. The molecule has 1 aliphatic rings. The maximum Gasteiger partial charge on any atom is 0.273 e. The van der Waals surface area contributed by atoms with E-state index in [9.17, 15) is 4.79 Å². The molecular formula is C20H18ClN3O3S. The number of hydrogen-bond acceptors (Lipinski definition) is 5. The molecule has 1 unspecified atom stereocenters. The second-order valence-corrected chi connectivity index (χ2v) is 7.80. The van der Waals surface area contributed by atoms with Crippen LogP contribution in [0.3, 0.4) is 0 Å². The summed E-state index contributed by atoms with van der Waals surface area (Å²) < 4.78 is 10.8. The number of anilines is 1. The number of carbonyl (C=O) groups is 1. The van der Waals surface area contributed by atoms with Crippen LogP contribution in [0.1, 0.15) is 22.6 Å². The average Bonchev–Trinajstić information content (AvgIpc) is 3.34. The molecule has 1 aromatic carbocycles. The molecule has 1 atom stereocenters. The Balaban J connectivity index is 1.54. The van der Waals surface area contributed by atoms with Gasteiger partial charge in [0.2, 0.25) is 0 Å². The Kier molecular flexibility index (Phi) is 4.97. The van der Waals surface area contributed by atoms with E-state index < -0.39 is 5.06 Å². The van der Waals surface area contributed by atoms with Crippen molar-refractivity contribution in [1.29, 1.82) is 0 Å². The third-order valence-corrected chi connectivity index (χ3v) is 5.73. The van der Waals surface area contributed by atoms with Crippen molar-refractivity contribution in [3.8, 4) is 0 Å². The Morgan fingerprint density at radius 1 is 1.36 bits per heavy atom. The number of aromatic amines is 1. The number of H-pyrrole nitrogens is 1. The van der Waals surface area contributed by atoms with E-state index in [2.05, 4.69) is 15.3 Å². The first kappa shape index (κ1) is 18.7. The average molecular weight is 416 g/mol. The van der Waals surface area contributed by atoms with E-state index in [0.717, 1.165) is 16.5 Å². The molecule has 3 aromatic rings. The van der Waals surface area contributed by atoms with Crippen molar-refractivity contribution in [2.24, 2.45) is 0 Å². The van der Waals surface area contributed by atoms with E-state index >= 15 is 0 Å². The second kappa shape index (κ2) is 7.43. The number of allylic oxidation sites excluding steroid dienone is 2. The lowest BCUT2D eigenvalue weighted by atomic mass is 10.0. The molecule has 2 N–H and O–H groups in total. The number of fused-ring (bicyclic) bond motifs is 1. The summed E-state index contributed by atoms with van der Waals surface area (Å²) in [5, 5.41) is 5.28. The molecular weight excluding hydrogens is 398 g/mol. The van der Waals surface area contributed by atoms with E-state index in [1.54, 1.807) is 20.3 Å². The number of alkyl halides is 1. The fraction of sp³-hybridized carbons (Fsp3) is 0.200. The van der Waals surface area contributed by atoms with Crippen molar-refractivity contribution in [2.75, 3.05) is 19.5 Å². The van der Waals surface area contributed by atoms with Crippen LogP contribution in [0.4, 0.5) is 5.13 Å². The highest BCUT2D eigenvalue weighted by molar-refractivity contribution is 7.14. The van der Waals surface area contributed by atoms with Gasteiger partial charge >= 0.3 is 0 Å². The number of nitrogens with one attached hydrogen (secondary N) is 2. The maximum atomic E-state index is 12.6. The fourth-order valence-electron chi connectivity index (χ4n) is 3.04. The fourth-order valence-corrected chi connectivity index (χ4v) is 3.93. The molecule has 2 heterocycles. The Morgan fingerprint density at radius 3 is 2.93 bits per heavy atom. The molecule has 6 nitrogen and oxygen atoms in total. The second-order valence-electron chi connectivity index (χ2n) is 6.30. The monoisotopic (exact) mass is 415 g/mol. The molecule has 2 aromatic heterocycles. The van der Waals surface area contributed by atoms with E-state index in [1.165, 1.54) is 11.3 Å². The van der Waals surface area contributed by atoms with Crippen LogP contribution in [-0.4, -0.2) is 35.2 Å². The SMILES string of the molecule is COC1=C(c2csc(NC(=O)c3cc4ccccc4[nH]3)n2)C=CC(Cl)(OC)C1. The van der Waals surface area contributed by atoms with Crippen molar-refractivity contribution in [1.82, 2.24) is 9.97 Å². The predicted molar refractivity (Wildman–Crippen MR) is 112 cm³/mol. The molecule has 144 valence electrons. The molecule has 0 spiro atoms. The van der Waals surface area contributed by atoms with E-state index in [1.807, 2.05) is 41.8 Å². The van der Waals surface area contributed by atoms with Crippen molar-refractivity contribution in [2.45, 2.75) is 11.5 Å². The van der Waals surface area contributed by atoms with Gasteiger partial charge in [0.05, 0.1) is 19.2 Å². The summed E-state index contributed by atoms with van der Waals surface area (Å²) in [5.41, 5.74) is 2.93. The number of hydrogen-bond donors (Lipinski definition) is 2. The van der Waals surface area contributed by atoms with Gasteiger partial charge in [-0.3, -0.25) is 10.1 Å². The van der Waals surface area contributed by atoms with Crippen molar-refractivity contribution in [3.05, 3.63) is 65.0 Å². The molecule has 4 rings (SSSR count). The molecule has 0 saturated carbocycles. The van der Waals surface area contributed by atoms with Gasteiger partial charge in [0, 0.05) is 29.0 Å². The van der Waals surface area contributed by atoms with Crippen LogP contribution in [0.2, 0.25) is 0 Å². The zero-order valence-corrected chi connectivity index (χ0v) is 16.9. The lowest BCUT2D eigenvalue weighted by Gasteiger charge is -2.27. The molecule has 1 aliphatic carbocycles. The highest BCUT2D eigenvalue weighted by Crippen LogP contribution is 2.37. The third-order valence-electron chi connectivity index (χ3n) is 4.56. The zero-order chi connectivity index (χ0) is 19.7. The quantitative estimate of drug-likeness (QED) is 0.588. The molecule has 0 fully saturated rings. The van der Waals surface area contributed by atoms with Crippen LogP contribution >= 0.6 is 22.9 Å². The summed E-state index contributed by atoms with van der Waals surface area (Å²) >= 11 is 7.71. The number of methoxy groups -OCH3 is 2. The predicted octanol–water partition coefficient (Wildman–Crippen LogP) is 4.78. The third kappa shape index (κ3) is 3.56. The number of nitrogens with zero attached hydrogens (tertiary/aromatic N) is 1. The minimum Gasteiger partial charge on any atom is -0.500 e. The number of para-hydroxylation sites is 1. The Hall–Kier alpha value is -2.61. The van der Waals surface area contributed by atoms with Crippen LogP contribution in [0.25, 0.3) is 16.5 Å². The number of benzene rings is 1. The van der Waals surface area contributed by atoms with Gasteiger partial charge in [-0.05, 0) is 24.3 Å². The number of halogens is 1. The van der Waals surface area contributed by atoms with Crippen LogP contribution in [-0.2, 0) is 9.47 Å². The first-order chi connectivity index (χ1) is 13.5. The molecule has 28 heavy (non-hydrogen) atoms. The van der Waals surface area contributed by atoms with E-state index in [4.69, 9.17) is 21.1 Å².